The van der Waals surface area contributed by atoms with Crippen molar-refractivity contribution in [3.8, 4) is 0 Å². The van der Waals surface area contributed by atoms with Gasteiger partial charge in [-0.3, -0.25) is 37.3 Å². The highest BCUT2D eigenvalue weighted by Gasteiger charge is 2.30. The topological polar surface area (TPSA) is 237 Å². The molecule has 0 heterocycles. The van der Waals surface area contributed by atoms with E-state index in [1.807, 2.05) is 0 Å². The molecule has 0 aromatic heterocycles. The van der Waals surface area contributed by atoms with Gasteiger partial charge in [-0.2, -0.15) is 0 Å². The first-order valence-corrected chi connectivity index (χ1v) is 45.3. The molecule has 6 atom stereocenters. The van der Waals surface area contributed by atoms with Gasteiger partial charge < -0.3 is 33.8 Å². The molecule has 0 amide bonds. The van der Waals surface area contributed by atoms with Crippen molar-refractivity contribution in [2.75, 3.05) is 39.6 Å². The summed E-state index contributed by atoms with van der Waals surface area (Å²) in [6.07, 6.45) is 67.3. The van der Waals surface area contributed by atoms with E-state index in [0.717, 1.165) is 121 Å². The summed E-state index contributed by atoms with van der Waals surface area (Å²) in [5.41, 5.74) is 0. The summed E-state index contributed by atoms with van der Waals surface area (Å²) in [4.78, 5) is 73.1. The van der Waals surface area contributed by atoms with Gasteiger partial charge in [-0.1, -0.05) is 361 Å². The molecule has 0 saturated carbocycles. The van der Waals surface area contributed by atoms with Gasteiger partial charge in [-0.25, -0.2) is 9.13 Å². The lowest BCUT2D eigenvalue weighted by atomic mass is 9.99. The minimum atomic E-state index is -4.97. The van der Waals surface area contributed by atoms with Crippen LogP contribution in [0.25, 0.3) is 0 Å². The zero-order valence-electron chi connectivity index (χ0n) is 66.4. The predicted octanol–water partition coefficient (Wildman–Crippen LogP) is 24.6. The van der Waals surface area contributed by atoms with E-state index in [4.69, 9.17) is 37.0 Å². The molecular formula is C83H158O17P2. The second-order valence-electron chi connectivity index (χ2n) is 29.9. The molecule has 0 saturated heterocycles. The van der Waals surface area contributed by atoms with Crippen LogP contribution in [-0.2, 0) is 65.4 Å². The standard InChI is InChI=1S/C83H158O17P2/c1-7-10-12-14-16-18-20-22-27-31-35-42-48-54-60-66-81(86)94-71-78(99-82(87)67-61-55-49-43-36-32-29-26-24-23-25-28-30-33-39-45-51-57-63-75(4)5)73-97-101(89,90)95-69-77(84)70-96-102(91,92)98-74-79(72-93-80(85)65-59-53-47-41-34-21-19-17-15-13-11-8-2)100-83(88)68-62-56-50-44-38-37-40-46-52-58-64-76(6)9-3/h18,20,22,27,75-79,84H,7-17,19,21,23-26,28-74H2,1-6H3,(H,89,90)(H,91,92)/b20-18-,27-22-/t76?,77-,78-,79-/m1/s1. The lowest BCUT2D eigenvalue weighted by Crippen LogP contribution is -2.30. The van der Waals surface area contributed by atoms with Crippen molar-refractivity contribution in [3.05, 3.63) is 24.3 Å². The Morgan fingerprint density at radius 2 is 0.578 bits per heavy atom. The average molecular weight is 1490 g/mol. The normalized spacial score (nSPS) is 14.3. The first-order chi connectivity index (χ1) is 49.4. The molecule has 17 nitrogen and oxygen atoms in total. The number of rotatable bonds is 80. The van der Waals surface area contributed by atoms with Crippen molar-refractivity contribution in [2.45, 2.75) is 432 Å². The van der Waals surface area contributed by atoms with Crippen LogP contribution in [0.2, 0.25) is 0 Å². The van der Waals surface area contributed by atoms with Gasteiger partial charge in [0.2, 0.25) is 0 Å². The van der Waals surface area contributed by atoms with E-state index in [2.05, 4.69) is 65.8 Å². The Morgan fingerprint density at radius 3 is 0.882 bits per heavy atom. The maximum absolute atomic E-state index is 13.1. The largest absolute Gasteiger partial charge is 0.472 e. The number of carbonyl (C=O) groups is 4. The Bertz CT molecular complexity index is 2060. The van der Waals surface area contributed by atoms with Crippen LogP contribution in [0.5, 0.6) is 0 Å². The molecule has 0 rings (SSSR count). The fourth-order valence-corrected chi connectivity index (χ4v) is 13.9. The van der Waals surface area contributed by atoms with Gasteiger partial charge in [0.1, 0.15) is 19.3 Å². The molecule has 19 heteroatoms. The summed E-state index contributed by atoms with van der Waals surface area (Å²) < 4.78 is 68.7. The minimum absolute atomic E-state index is 0.101. The van der Waals surface area contributed by atoms with Gasteiger partial charge in [0.15, 0.2) is 12.2 Å². The number of ether oxygens (including phenoxy) is 4. The molecule has 102 heavy (non-hydrogen) atoms. The van der Waals surface area contributed by atoms with Gasteiger partial charge in [-0.05, 0) is 63.2 Å². The van der Waals surface area contributed by atoms with Gasteiger partial charge in [-0.15, -0.1) is 0 Å². The molecule has 0 radical (unpaired) electrons. The van der Waals surface area contributed by atoms with Crippen LogP contribution >= 0.6 is 15.6 Å². The van der Waals surface area contributed by atoms with Gasteiger partial charge in [0.25, 0.3) is 0 Å². The van der Waals surface area contributed by atoms with Crippen molar-refractivity contribution in [3.63, 3.8) is 0 Å². The zero-order valence-corrected chi connectivity index (χ0v) is 68.2. The Labute approximate surface area is 624 Å². The van der Waals surface area contributed by atoms with Crippen molar-refractivity contribution >= 4 is 39.5 Å². The van der Waals surface area contributed by atoms with Gasteiger partial charge >= 0.3 is 39.5 Å². The van der Waals surface area contributed by atoms with Crippen LogP contribution in [-0.4, -0.2) is 96.7 Å². The van der Waals surface area contributed by atoms with Crippen molar-refractivity contribution in [1.29, 1.82) is 0 Å². The first-order valence-electron chi connectivity index (χ1n) is 42.3. The summed E-state index contributed by atoms with van der Waals surface area (Å²) in [6.45, 7) is 9.64. The third-order valence-electron chi connectivity index (χ3n) is 19.2. The Kier molecular flexibility index (Phi) is 72.2. The van der Waals surface area contributed by atoms with Crippen molar-refractivity contribution < 1.29 is 80.2 Å². The summed E-state index contributed by atoms with van der Waals surface area (Å²) in [5, 5.41) is 10.7. The lowest BCUT2D eigenvalue weighted by molar-refractivity contribution is -0.161. The number of esters is 4. The number of phosphoric acid groups is 2. The SMILES string of the molecule is CCCCCC/C=C\C=C/CCCCCCCC(=O)OC[C@H](COP(=O)(O)OC[C@@H](O)COP(=O)(O)OC[C@@H](COC(=O)CCCCCCCCCCCCCC)OC(=O)CCCCCCCCCCCCC(C)CC)OC(=O)CCCCCCCCCCCCCCCCCCCCC(C)C. The number of aliphatic hydroxyl groups excluding tert-OH is 1. The molecule has 0 spiro atoms. The molecule has 0 bridgehead atoms. The fraction of sp³-hybridized carbons (Fsp3) is 0.904. The van der Waals surface area contributed by atoms with E-state index >= 15 is 0 Å². The van der Waals surface area contributed by atoms with E-state index in [0.29, 0.717) is 25.7 Å². The highest BCUT2D eigenvalue weighted by Crippen LogP contribution is 2.45. The van der Waals surface area contributed by atoms with E-state index in [1.165, 1.54) is 212 Å². The molecular weight excluding hydrogens is 1330 g/mol. The van der Waals surface area contributed by atoms with E-state index in [1.54, 1.807) is 0 Å². The van der Waals surface area contributed by atoms with E-state index in [-0.39, 0.29) is 25.7 Å². The van der Waals surface area contributed by atoms with Crippen LogP contribution in [0, 0.1) is 11.8 Å². The highest BCUT2D eigenvalue weighted by molar-refractivity contribution is 7.47. The Morgan fingerprint density at radius 1 is 0.324 bits per heavy atom. The molecule has 0 aromatic rings. The van der Waals surface area contributed by atoms with Gasteiger partial charge in [0, 0.05) is 25.7 Å². The molecule has 602 valence electrons. The second kappa shape index (κ2) is 74.0. The zero-order chi connectivity index (χ0) is 74.9. The van der Waals surface area contributed by atoms with Crippen molar-refractivity contribution in [1.82, 2.24) is 0 Å². The smallest absolute Gasteiger partial charge is 0.462 e. The summed E-state index contributed by atoms with van der Waals surface area (Å²) >= 11 is 0. The quantitative estimate of drug-likeness (QED) is 0.0169. The van der Waals surface area contributed by atoms with Crippen LogP contribution < -0.4 is 0 Å². The molecule has 0 aromatic carbocycles. The third-order valence-corrected chi connectivity index (χ3v) is 21.1. The molecule has 0 aliphatic carbocycles. The van der Waals surface area contributed by atoms with Crippen LogP contribution in [0.1, 0.15) is 414 Å². The number of unbranched alkanes of at least 4 members (excludes halogenated alkanes) is 46. The van der Waals surface area contributed by atoms with Crippen LogP contribution in [0.3, 0.4) is 0 Å². The highest BCUT2D eigenvalue weighted by atomic mass is 31.2. The number of hydrogen-bond acceptors (Lipinski definition) is 15. The van der Waals surface area contributed by atoms with Crippen LogP contribution in [0.15, 0.2) is 24.3 Å². The number of hydrogen-bond donors (Lipinski definition) is 3. The number of phosphoric ester groups is 2. The van der Waals surface area contributed by atoms with E-state index < -0.39 is 97.5 Å². The predicted molar refractivity (Wildman–Crippen MR) is 418 cm³/mol. The first kappa shape index (κ1) is 99.5. The average Bonchev–Trinajstić information content (AvgIpc) is 0.951. The number of carbonyl (C=O) groups excluding carboxylic acids is 4. The molecule has 0 fully saturated rings. The lowest BCUT2D eigenvalue weighted by Gasteiger charge is -2.21. The molecule has 3 unspecified atom stereocenters. The molecule has 3 N–H and O–H groups in total. The molecule has 0 aliphatic heterocycles. The monoisotopic (exact) mass is 1490 g/mol. The maximum atomic E-state index is 13.1. The number of aliphatic hydroxyl groups is 1. The summed E-state index contributed by atoms with van der Waals surface area (Å²) in [5.74, 6) is -0.516. The van der Waals surface area contributed by atoms with Crippen molar-refractivity contribution in [2.24, 2.45) is 11.8 Å². The number of allylic oxidation sites excluding steroid dienone is 4. The fourth-order valence-electron chi connectivity index (χ4n) is 12.3. The Hall–Kier alpha value is -2.46. The van der Waals surface area contributed by atoms with Gasteiger partial charge in [0.05, 0.1) is 26.4 Å². The minimum Gasteiger partial charge on any atom is -0.462 e. The van der Waals surface area contributed by atoms with E-state index in [9.17, 15) is 43.2 Å². The van der Waals surface area contributed by atoms with Crippen LogP contribution in [0.4, 0.5) is 0 Å². The molecule has 0 aliphatic rings. The maximum Gasteiger partial charge on any atom is 0.472 e. The third kappa shape index (κ3) is 74.4. The summed E-state index contributed by atoms with van der Waals surface area (Å²) in [7, 11) is -9.93. The second-order valence-corrected chi connectivity index (χ2v) is 32.8. The Balaban J connectivity index is 5.27. The summed E-state index contributed by atoms with van der Waals surface area (Å²) in [6, 6.07) is 0.